The highest BCUT2D eigenvalue weighted by Gasteiger charge is 2.73. The van der Waals surface area contributed by atoms with Crippen LogP contribution in [0.15, 0.2) is 36.4 Å². The first-order valence-electron chi connectivity index (χ1n) is 9.63. The van der Waals surface area contributed by atoms with E-state index >= 15 is 0 Å². The van der Waals surface area contributed by atoms with Crippen LogP contribution in [0.2, 0.25) is 5.02 Å². The molecule has 0 aromatic heterocycles. The Kier molecular flexibility index (Phi) is 7.47. The third-order valence-electron chi connectivity index (χ3n) is 4.84. The van der Waals surface area contributed by atoms with Gasteiger partial charge in [-0.3, -0.25) is 9.59 Å². The molecule has 0 aliphatic rings. The number of rotatable bonds is 5. The molecule has 0 fully saturated rings. The number of carbonyl (C=O) groups is 2. The predicted molar refractivity (Wildman–Crippen MR) is 113 cm³/mol. The third-order valence-corrected chi connectivity index (χ3v) is 5.16. The topological polar surface area (TPSA) is 82.0 Å². The lowest BCUT2D eigenvalue weighted by molar-refractivity contribution is -0.348. The minimum atomic E-state index is -6.29. The zero-order valence-corrected chi connectivity index (χ0v) is 19.0. The lowest BCUT2D eigenvalue weighted by Gasteiger charge is -2.30. The first-order chi connectivity index (χ1) is 15.9. The van der Waals surface area contributed by atoms with Crippen molar-refractivity contribution in [3.05, 3.63) is 63.7 Å². The standard InChI is InChI=1S/C22H17ClF7N3O2/c1-11-9-12(20(24,21(25,26)27)22(28,29)30)7-8-15(11)32-17(34)13-5-4-6-14(23)16(13)18(35)33-19(2,3)10-31/h4-9H,1-3H3,(H,32,34)(H,33,35). The number of nitriles is 1. The van der Waals surface area contributed by atoms with Gasteiger partial charge in [0.15, 0.2) is 0 Å². The van der Waals surface area contributed by atoms with E-state index in [0.29, 0.717) is 12.1 Å². The second-order valence-corrected chi connectivity index (χ2v) is 8.40. The summed E-state index contributed by atoms with van der Waals surface area (Å²) in [5, 5.41) is 13.6. The molecular weight excluding hydrogens is 507 g/mol. The van der Waals surface area contributed by atoms with Crippen LogP contribution < -0.4 is 10.6 Å². The number of halogens is 8. The molecule has 2 aromatic carbocycles. The van der Waals surface area contributed by atoms with Crippen molar-refractivity contribution >= 4 is 29.1 Å². The van der Waals surface area contributed by atoms with Crippen LogP contribution in [0.5, 0.6) is 0 Å². The molecule has 0 heterocycles. The van der Waals surface area contributed by atoms with Crippen molar-refractivity contribution in [2.45, 2.75) is 44.3 Å². The van der Waals surface area contributed by atoms with Gasteiger partial charge in [0.2, 0.25) is 0 Å². The zero-order chi connectivity index (χ0) is 27.0. The van der Waals surface area contributed by atoms with Gasteiger partial charge >= 0.3 is 18.0 Å². The highest BCUT2D eigenvalue weighted by atomic mass is 35.5. The Morgan fingerprint density at radius 3 is 2.00 bits per heavy atom. The molecule has 13 heteroatoms. The van der Waals surface area contributed by atoms with Gasteiger partial charge in [0.05, 0.1) is 22.2 Å². The van der Waals surface area contributed by atoms with Gasteiger partial charge in [-0.15, -0.1) is 0 Å². The number of amides is 2. The average molecular weight is 524 g/mol. The maximum absolute atomic E-state index is 14.3. The molecule has 5 nitrogen and oxygen atoms in total. The fraction of sp³-hybridized carbons (Fsp3) is 0.318. The van der Waals surface area contributed by atoms with Crippen molar-refractivity contribution in [3.63, 3.8) is 0 Å². The van der Waals surface area contributed by atoms with Crippen LogP contribution in [0, 0.1) is 18.3 Å². The zero-order valence-electron chi connectivity index (χ0n) is 18.3. The normalized spacial score (nSPS) is 12.6. The van der Waals surface area contributed by atoms with Crippen LogP contribution in [-0.4, -0.2) is 29.7 Å². The van der Waals surface area contributed by atoms with Gasteiger partial charge in [-0.2, -0.15) is 31.6 Å². The third kappa shape index (κ3) is 5.51. The summed E-state index contributed by atoms with van der Waals surface area (Å²) in [7, 11) is 0. The van der Waals surface area contributed by atoms with E-state index in [4.69, 9.17) is 16.9 Å². The molecular formula is C22H17ClF7N3O2. The number of hydrogen-bond donors (Lipinski definition) is 2. The predicted octanol–water partition coefficient (Wildman–Crippen LogP) is 6.22. The molecule has 0 bridgehead atoms. The number of alkyl halides is 7. The van der Waals surface area contributed by atoms with E-state index in [-0.39, 0.29) is 33.5 Å². The molecule has 0 unspecified atom stereocenters. The van der Waals surface area contributed by atoms with Crippen LogP contribution in [-0.2, 0) is 5.67 Å². The Bertz CT molecular complexity index is 1190. The number of carbonyl (C=O) groups excluding carboxylic acids is 2. The first kappa shape index (κ1) is 27.9. The Morgan fingerprint density at radius 1 is 0.943 bits per heavy atom. The summed E-state index contributed by atoms with van der Waals surface area (Å²) in [6, 6.07) is 6.89. The molecule has 2 amide bonds. The van der Waals surface area contributed by atoms with Gasteiger partial charge in [0.1, 0.15) is 5.54 Å². The lowest BCUT2D eigenvalue weighted by atomic mass is 9.92. The summed E-state index contributed by atoms with van der Waals surface area (Å²) in [4.78, 5) is 25.5. The largest absolute Gasteiger partial charge is 0.435 e. The van der Waals surface area contributed by atoms with E-state index in [0.717, 1.165) is 6.92 Å². The summed E-state index contributed by atoms with van der Waals surface area (Å²) in [6.07, 6.45) is -12.6. The summed E-state index contributed by atoms with van der Waals surface area (Å²) < 4.78 is 92.4. The fourth-order valence-corrected chi connectivity index (χ4v) is 3.27. The second kappa shape index (κ2) is 9.37. The van der Waals surface area contributed by atoms with E-state index in [1.807, 2.05) is 6.07 Å². The number of hydrogen-bond acceptors (Lipinski definition) is 3. The Labute approximate surface area is 199 Å². The van der Waals surface area contributed by atoms with E-state index in [2.05, 4.69) is 10.6 Å². The Morgan fingerprint density at radius 2 is 1.51 bits per heavy atom. The molecule has 0 spiro atoms. The summed E-state index contributed by atoms with van der Waals surface area (Å²) in [6.45, 7) is 3.84. The van der Waals surface area contributed by atoms with Crippen LogP contribution in [0.3, 0.4) is 0 Å². The van der Waals surface area contributed by atoms with Gasteiger partial charge in [-0.25, -0.2) is 4.39 Å². The quantitative estimate of drug-likeness (QED) is 0.456. The van der Waals surface area contributed by atoms with Crippen molar-refractivity contribution in [1.82, 2.24) is 5.32 Å². The molecule has 188 valence electrons. The fourth-order valence-electron chi connectivity index (χ4n) is 3.01. The molecule has 0 saturated heterocycles. The molecule has 2 aromatic rings. The molecule has 2 rings (SSSR count). The van der Waals surface area contributed by atoms with Crippen molar-refractivity contribution in [2.24, 2.45) is 0 Å². The summed E-state index contributed by atoms with van der Waals surface area (Å²) >= 11 is 6.05. The van der Waals surface area contributed by atoms with E-state index in [1.54, 1.807) is 0 Å². The molecule has 0 aliphatic heterocycles. The van der Waals surface area contributed by atoms with Crippen LogP contribution in [0.4, 0.5) is 36.4 Å². The van der Waals surface area contributed by atoms with Gasteiger partial charge < -0.3 is 10.6 Å². The van der Waals surface area contributed by atoms with E-state index < -0.39 is 40.9 Å². The molecule has 0 saturated carbocycles. The average Bonchev–Trinajstić information content (AvgIpc) is 2.72. The molecule has 2 N–H and O–H groups in total. The summed E-state index contributed by atoms with van der Waals surface area (Å²) in [5.41, 5.74) is -9.83. The summed E-state index contributed by atoms with van der Waals surface area (Å²) in [5.74, 6) is -1.86. The molecule has 0 aliphatic carbocycles. The first-order valence-corrected chi connectivity index (χ1v) is 10.0. The van der Waals surface area contributed by atoms with Gasteiger partial charge in [0.25, 0.3) is 11.8 Å². The lowest BCUT2D eigenvalue weighted by Crippen LogP contribution is -2.50. The Hall–Kier alpha value is -3.33. The molecule has 0 atom stereocenters. The minimum absolute atomic E-state index is 0.159. The van der Waals surface area contributed by atoms with Crippen molar-refractivity contribution < 1.29 is 40.3 Å². The van der Waals surface area contributed by atoms with Crippen molar-refractivity contribution in [1.29, 1.82) is 5.26 Å². The van der Waals surface area contributed by atoms with Gasteiger partial charge in [0, 0.05) is 11.3 Å². The van der Waals surface area contributed by atoms with Gasteiger partial charge in [-0.05, 0) is 44.5 Å². The number of benzene rings is 2. The van der Waals surface area contributed by atoms with Crippen molar-refractivity contribution in [2.75, 3.05) is 5.32 Å². The van der Waals surface area contributed by atoms with Crippen molar-refractivity contribution in [3.8, 4) is 6.07 Å². The molecule has 35 heavy (non-hydrogen) atoms. The van der Waals surface area contributed by atoms with Crippen LogP contribution in [0.25, 0.3) is 0 Å². The highest BCUT2D eigenvalue weighted by molar-refractivity contribution is 6.35. The number of anilines is 1. The SMILES string of the molecule is Cc1cc(C(F)(C(F)(F)F)C(F)(F)F)ccc1NC(=O)c1cccc(Cl)c1C(=O)NC(C)(C)C#N. The molecule has 0 radical (unpaired) electrons. The second-order valence-electron chi connectivity index (χ2n) is 7.99. The number of nitrogens with one attached hydrogen (secondary N) is 2. The number of aryl methyl sites for hydroxylation is 1. The number of nitrogens with zero attached hydrogens (tertiary/aromatic N) is 1. The van der Waals surface area contributed by atoms with Crippen LogP contribution in [0.1, 0.15) is 45.7 Å². The van der Waals surface area contributed by atoms with Gasteiger partial charge in [-0.1, -0.05) is 29.8 Å². The maximum atomic E-state index is 14.3. The minimum Gasteiger partial charge on any atom is -0.334 e. The van der Waals surface area contributed by atoms with E-state index in [9.17, 15) is 40.3 Å². The maximum Gasteiger partial charge on any atom is 0.435 e. The van der Waals surface area contributed by atoms with Crippen LogP contribution >= 0.6 is 11.6 Å². The van der Waals surface area contributed by atoms with E-state index in [1.165, 1.54) is 32.0 Å². The highest BCUT2D eigenvalue weighted by Crippen LogP contribution is 2.53. The smallest absolute Gasteiger partial charge is 0.334 e. The Balaban J connectivity index is 2.45. The monoisotopic (exact) mass is 523 g/mol.